The second-order valence-electron chi connectivity index (χ2n) is 4.37. The van der Waals surface area contributed by atoms with Gasteiger partial charge in [0.25, 0.3) is 17.3 Å². The Kier molecular flexibility index (Phi) is 4.76. The van der Waals surface area contributed by atoms with Crippen molar-refractivity contribution in [1.82, 2.24) is 5.43 Å². The van der Waals surface area contributed by atoms with Crippen molar-refractivity contribution in [2.45, 2.75) is 6.92 Å². The number of benzene rings is 1. The Balaban J connectivity index is 2.11. The van der Waals surface area contributed by atoms with Gasteiger partial charge in [-0.1, -0.05) is 6.07 Å². The van der Waals surface area contributed by atoms with Gasteiger partial charge in [0.05, 0.1) is 25.8 Å². The smallest absolute Gasteiger partial charge is 0.267 e. The Morgan fingerprint density at radius 1 is 1.17 bits per heavy atom. The number of thiophene rings is 1. The molecule has 0 bridgehead atoms. The predicted molar refractivity (Wildman–Crippen MR) is 83.7 cm³/mol. The van der Waals surface area contributed by atoms with E-state index in [1.54, 1.807) is 6.92 Å². The molecule has 0 aliphatic rings. The van der Waals surface area contributed by atoms with Crippen LogP contribution in [0.5, 0.6) is 0 Å². The molecule has 1 aromatic carbocycles. The second kappa shape index (κ2) is 6.75. The molecule has 0 aliphatic heterocycles. The van der Waals surface area contributed by atoms with E-state index in [0.717, 1.165) is 17.4 Å². The van der Waals surface area contributed by atoms with E-state index in [9.17, 15) is 25.0 Å². The zero-order valence-electron chi connectivity index (χ0n) is 11.8. The van der Waals surface area contributed by atoms with Crippen molar-refractivity contribution in [3.05, 3.63) is 66.4 Å². The molecule has 1 N–H and O–H groups in total. The van der Waals surface area contributed by atoms with Crippen molar-refractivity contribution in [3.8, 4) is 0 Å². The molecule has 2 rings (SSSR count). The monoisotopic (exact) mass is 334 g/mol. The average molecular weight is 334 g/mol. The molecule has 0 saturated heterocycles. The molecule has 1 heterocycles. The SMILES string of the molecule is CC(=NNC(=O)c1cccc([N+](=O)[O-])c1)c1cc([N+](=O)[O-])cs1. The molecule has 2 aromatic rings. The minimum atomic E-state index is -0.612. The van der Waals surface area contributed by atoms with Gasteiger partial charge in [-0.25, -0.2) is 5.43 Å². The van der Waals surface area contributed by atoms with E-state index in [4.69, 9.17) is 0 Å². The summed E-state index contributed by atoms with van der Waals surface area (Å²) in [6.45, 7) is 1.59. The van der Waals surface area contributed by atoms with E-state index < -0.39 is 15.8 Å². The van der Waals surface area contributed by atoms with Crippen LogP contribution in [0.1, 0.15) is 22.2 Å². The Morgan fingerprint density at radius 3 is 2.48 bits per heavy atom. The van der Waals surface area contributed by atoms with E-state index in [-0.39, 0.29) is 16.9 Å². The molecular weight excluding hydrogens is 324 g/mol. The van der Waals surface area contributed by atoms with E-state index in [1.807, 2.05) is 0 Å². The molecule has 0 unspecified atom stereocenters. The first kappa shape index (κ1) is 16.2. The van der Waals surface area contributed by atoms with Gasteiger partial charge in [0, 0.05) is 23.8 Å². The van der Waals surface area contributed by atoms with Gasteiger partial charge in [0.15, 0.2) is 0 Å². The molecule has 9 nitrogen and oxygen atoms in total. The summed E-state index contributed by atoms with van der Waals surface area (Å²) < 4.78 is 0. The highest BCUT2D eigenvalue weighted by molar-refractivity contribution is 7.12. The number of carbonyl (C=O) groups is 1. The number of amides is 1. The number of nitrogens with one attached hydrogen (secondary N) is 1. The normalized spacial score (nSPS) is 11.1. The topological polar surface area (TPSA) is 128 Å². The van der Waals surface area contributed by atoms with Gasteiger partial charge < -0.3 is 0 Å². The summed E-state index contributed by atoms with van der Waals surface area (Å²) in [7, 11) is 0. The third-order valence-corrected chi connectivity index (χ3v) is 3.82. The fraction of sp³-hybridized carbons (Fsp3) is 0.0769. The standard InChI is InChI=1S/C13H10N4O5S/c1-8(12-6-11(7-23-12)17(21)22)14-15-13(18)9-3-2-4-10(5-9)16(19)20/h2-7H,1H3,(H,15,18). The number of carbonyl (C=O) groups excluding carboxylic acids is 1. The van der Waals surface area contributed by atoms with Crippen LogP contribution in [0.2, 0.25) is 0 Å². The number of non-ortho nitro benzene ring substituents is 1. The zero-order chi connectivity index (χ0) is 17.0. The van der Waals surface area contributed by atoms with Crippen molar-refractivity contribution < 1.29 is 14.6 Å². The minimum Gasteiger partial charge on any atom is -0.267 e. The lowest BCUT2D eigenvalue weighted by Crippen LogP contribution is -2.19. The summed E-state index contributed by atoms with van der Waals surface area (Å²) in [6.07, 6.45) is 0. The maximum absolute atomic E-state index is 11.9. The summed E-state index contributed by atoms with van der Waals surface area (Å²) in [4.78, 5) is 32.6. The summed E-state index contributed by atoms with van der Waals surface area (Å²) in [5, 5.41) is 26.5. The molecule has 10 heteroatoms. The predicted octanol–water partition coefficient (Wildman–Crippen LogP) is 2.72. The van der Waals surface area contributed by atoms with E-state index >= 15 is 0 Å². The van der Waals surface area contributed by atoms with Crippen molar-refractivity contribution in [3.63, 3.8) is 0 Å². The van der Waals surface area contributed by atoms with Crippen LogP contribution in [0.15, 0.2) is 40.8 Å². The van der Waals surface area contributed by atoms with Gasteiger partial charge >= 0.3 is 0 Å². The number of nitro benzene ring substituents is 1. The number of nitro groups is 2. The molecule has 0 saturated carbocycles. The first-order chi connectivity index (χ1) is 10.9. The van der Waals surface area contributed by atoms with Gasteiger partial charge in [-0.2, -0.15) is 5.10 Å². The quantitative estimate of drug-likeness (QED) is 0.511. The molecule has 1 amide bonds. The molecule has 0 radical (unpaired) electrons. The lowest BCUT2D eigenvalue weighted by molar-refractivity contribution is -0.384. The van der Waals surface area contributed by atoms with Crippen molar-refractivity contribution in [1.29, 1.82) is 0 Å². The number of hydrazone groups is 1. The molecular formula is C13H10N4O5S. The molecule has 0 atom stereocenters. The second-order valence-corrected chi connectivity index (χ2v) is 5.28. The summed E-state index contributed by atoms with van der Waals surface area (Å²) in [5.74, 6) is -0.612. The number of hydrogen-bond donors (Lipinski definition) is 1. The zero-order valence-corrected chi connectivity index (χ0v) is 12.6. The minimum absolute atomic E-state index is 0.0513. The van der Waals surface area contributed by atoms with Crippen molar-refractivity contribution in [2.75, 3.05) is 0 Å². The van der Waals surface area contributed by atoms with Gasteiger partial charge in [-0.05, 0) is 13.0 Å². The average Bonchev–Trinajstić information content (AvgIpc) is 3.02. The molecule has 0 spiro atoms. The number of rotatable bonds is 5. The molecule has 1 aromatic heterocycles. The number of hydrogen-bond acceptors (Lipinski definition) is 7. The molecule has 23 heavy (non-hydrogen) atoms. The summed E-state index contributed by atoms with van der Waals surface area (Å²) in [5.41, 5.74) is 2.49. The van der Waals surface area contributed by atoms with Crippen LogP contribution in [-0.2, 0) is 0 Å². The highest BCUT2D eigenvalue weighted by Crippen LogP contribution is 2.21. The Hall–Kier alpha value is -3.14. The highest BCUT2D eigenvalue weighted by atomic mass is 32.1. The first-order valence-corrected chi connectivity index (χ1v) is 7.09. The largest absolute Gasteiger partial charge is 0.280 e. The van der Waals surface area contributed by atoms with Gasteiger partial charge in [0.1, 0.15) is 0 Å². The first-order valence-electron chi connectivity index (χ1n) is 6.21. The maximum atomic E-state index is 11.9. The fourth-order valence-electron chi connectivity index (χ4n) is 1.63. The van der Waals surface area contributed by atoms with Gasteiger partial charge in [0.2, 0.25) is 0 Å². The van der Waals surface area contributed by atoms with Crippen LogP contribution in [0, 0.1) is 20.2 Å². The van der Waals surface area contributed by atoms with E-state index in [2.05, 4.69) is 10.5 Å². The Morgan fingerprint density at radius 2 is 1.87 bits per heavy atom. The Labute approximate surface area is 133 Å². The lowest BCUT2D eigenvalue weighted by Gasteiger charge is -2.01. The fourth-order valence-corrected chi connectivity index (χ4v) is 2.43. The van der Waals surface area contributed by atoms with Gasteiger partial charge in [-0.3, -0.25) is 25.0 Å². The van der Waals surface area contributed by atoms with Crippen molar-refractivity contribution in [2.24, 2.45) is 5.10 Å². The van der Waals surface area contributed by atoms with Crippen LogP contribution < -0.4 is 5.43 Å². The summed E-state index contributed by atoms with van der Waals surface area (Å²) >= 11 is 1.13. The third kappa shape index (κ3) is 3.95. The van der Waals surface area contributed by atoms with E-state index in [1.165, 1.54) is 29.6 Å². The van der Waals surface area contributed by atoms with Crippen LogP contribution in [0.25, 0.3) is 0 Å². The summed E-state index contributed by atoms with van der Waals surface area (Å²) in [6, 6.07) is 6.57. The number of nitrogens with zero attached hydrogens (tertiary/aromatic N) is 3. The molecule has 118 valence electrons. The third-order valence-electron chi connectivity index (χ3n) is 2.80. The van der Waals surface area contributed by atoms with Gasteiger partial charge in [-0.15, -0.1) is 11.3 Å². The van der Waals surface area contributed by atoms with Crippen LogP contribution in [0.4, 0.5) is 11.4 Å². The Bertz CT molecular complexity index is 814. The maximum Gasteiger partial charge on any atom is 0.280 e. The highest BCUT2D eigenvalue weighted by Gasteiger charge is 2.13. The van der Waals surface area contributed by atoms with Crippen LogP contribution >= 0.6 is 11.3 Å². The van der Waals surface area contributed by atoms with E-state index in [0.29, 0.717) is 10.6 Å². The lowest BCUT2D eigenvalue weighted by atomic mass is 10.2. The van der Waals surface area contributed by atoms with Crippen LogP contribution in [0.3, 0.4) is 0 Å². The molecule has 0 fully saturated rings. The van der Waals surface area contributed by atoms with Crippen LogP contribution in [-0.4, -0.2) is 21.5 Å². The van der Waals surface area contributed by atoms with Crippen molar-refractivity contribution >= 4 is 34.3 Å². The molecule has 0 aliphatic carbocycles.